The lowest BCUT2D eigenvalue weighted by atomic mass is 9.92. The Hall–Kier alpha value is -1.86. The van der Waals surface area contributed by atoms with Gasteiger partial charge in [-0.2, -0.15) is 0 Å². The first-order chi connectivity index (χ1) is 10.7. The molecule has 0 unspecified atom stereocenters. The number of fused-ring (bicyclic) bond motifs is 1. The smallest absolute Gasteiger partial charge is 0.0709 e. The van der Waals surface area contributed by atoms with Gasteiger partial charge in [0.2, 0.25) is 0 Å². The van der Waals surface area contributed by atoms with Crippen LogP contribution in [0.15, 0.2) is 48.5 Å². The van der Waals surface area contributed by atoms with Crippen LogP contribution in [0.4, 0.5) is 0 Å². The van der Waals surface area contributed by atoms with Crippen molar-refractivity contribution in [1.29, 1.82) is 0 Å². The van der Waals surface area contributed by atoms with Crippen LogP contribution in [-0.4, -0.2) is 4.98 Å². The topological polar surface area (TPSA) is 12.9 Å². The number of nitrogens with zero attached hydrogens (tertiary/aromatic N) is 1. The van der Waals surface area contributed by atoms with Crippen LogP contribution in [0.1, 0.15) is 36.2 Å². The van der Waals surface area contributed by atoms with Gasteiger partial charge in [-0.25, -0.2) is 0 Å². The summed E-state index contributed by atoms with van der Waals surface area (Å²) < 4.78 is 0. The molecule has 3 rings (SSSR count). The van der Waals surface area contributed by atoms with Crippen molar-refractivity contribution in [2.75, 3.05) is 0 Å². The summed E-state index contributed by atoms with van der Waals surface area (Å²) in [6.45, 7) is 4.39. The molecule has 0 fully saturated rings. The fraction of sp³-hybridized carbons (Fsp3) is 0.250. The number of rotatable bonds is 4. The van der Waals surface area contributed by atoms with E-state index in [1.54, 1.807) is 0 Å². The predicted molar refractivity (Wildman–Crippen MR) is 94.8 cm³/mol. The largest absolute Gasteiger partial charge is 0.253 e. The molecule has 112 valence electrons. The van der Waals surface area contributed by atoms with Gasteiger partial charge in [0.1, 0.15) is 0 Å². The molecule has 0 amide bonds. The van der Waals surface area contributed by atoms with Gasteiger partial charge in [-0.1, -0.05) is 55.8 Å². The van der Waals surface area contributed by atoms with Crippen molar-refractivity contribution in [1.82, 2.24) is 4.98 Å². The average molecular weight is 310 g/mol. The molecule has 0 bridgehead atoms. The highest BCUT2D eigenvalue weighted by molar-refractivity contribution is 6.31. The van der Waals surface area contributed by atoms with Gasteiger partial charge in [-0.3, -0.25) is 4.98 Å². The zero-order valence-electron chi connectivity index (χ0n) is 13.1. The molecule has 1 aromatic heterocycles. The molecule has 2 heteroatoms. The van der Waals surface area contributed by atoms with Crippen molar-refractivity contribution in [3.63, 3.8) is 0 Å². The molecule has 3 aromatic rings. The van der Waals surface area contributed by atoms with Crippen LogP contribution in [0.5, 0.6) is 0 Å². The molecule has 0 radical (unpaired) electrons. The van der Waals surface area contributed by atoms with E-state index in [9.17, 15) is 0 Å². The fourth-order valence-electron chi connectivity index (χ4n) is 3.11. The summed E-state index contributed by atoms with van der Waals surface area (Å²) in [4.78, 5) is 4.85. The highest BCUT2D eigenvalue weighted by Crippen LogP contribution is 2.29. The summed E-state index contributed by atoms with van der Waals surface area (Å²) in [5.41, 5.74) is 6.33. The van der Waals surface area contributed by atoms with Crippen molar-refractivity contribution < 1.29 is 0 Å². The lowest BCUT2D eigenvalue weighted by Crippen LogP contribution is -2.04. The molecule has 22 heavy (non-hydrogen) atoms. The summed E-state index contributed by atoms with van der Waals surface area (Å²) in [6, 6.07) is 16.6. The molecule has 0 N–H and O–H groups in total. The summed E-state index contributed by atoms with van der Waals surface area (Å²) in [5.74, 6) is 0. The second kappa shape index (κ2) is 6.50. The van der Waals surface area contributed by atoms with Gasteiger partial charge in [-0.15, -0.1) is 0 Å². The van der Waals surface area contributed by atoms with Crippen molar-refractivity contribution >= 4 is 22.5 Å². The molecule has 0 spiro atoms. The first kappa shape index (κ1) is 15.1. The lowest BCUT2D eigenvalue weighted by molar-refractivity contribution is 0.954. The maximum Gasteiger partial charge on any atom is 0.0709 e. The summed E-state index contributed by atoms with van der Waals surface area (Å²) in [5, 5.41) is 1.96. The molecular weight excluding hydrogens is 290 g/mol. The van der Waals surface area contributed by atoms with Crippen LogP contribution >= 0.6 is 11.6 Å². The maximum absolute atomic E-state index is 6.24. The molecule has 0 atom stereocenters. The number of halogens is 1. The van der Waals surface area contributed by atoms with Gasteiger partial charge in [0.15, 0.2) is 0 Å². The Bertz CT molecular complexity index is 794. The number of hydrogen-bond acceptors (Lipinski definition) is 1. The minimum Gasteiger partial charge on any atom is -0.253 e. The van der Waals surface area contributed by atoms with E-state index >= 15 is 0 Å². The zero-order chi connectivity index (χ0) is 15.5. The molecule has 0 aliphatic carbocycles. The Balaban J connectivity index is 2.25. The van der Waals surface area contributed by atoms with E-state index < -0.39 is 0 Å². The third kappa shape index (κ3) is 2.86. The number of aryl methyl sites for hydroxylation is 1. The number of pyridine rings is 1. The molecule has 0 aliphatic rings. The van der Waals surface area contributed by atoms with Crippen molar-refractivity contribution in [2.45, 2.75) is 33.1 Å². The third-order valence-corrected chi connectivity index (χ3v) is 4.40. The highest BCUT2D eigenvalue weighted by atomic mass is 35.5. The minimum atomic E-state index is 0.773. The molecule has 1 nitrogen and oxygen atoms in total. The second-order valence-electron chi connectivity index (χ2n) is 5.55. The normalized spacial score (nSPS) is 11.0. The predicted octanol–water partition coefficient (Wildman–Crippen LogP) is 5.60. The van der Waals surface area contributed by atoms with E-state index in [0.717, 1.165) is 29.8 Å². The lowest BCUT2D eigenvalue weighted by Gasteiger charge is -2.16. The third-order valence-electron chi connectivity index (χ3n) is 4.16. The maximum atomic E-state index is 6.24. The van der Waals surface area contributed by atoms with Crippen LogP contribution in [0.3, 0.4) is 0 Å². The monoisotopic (exact) mass is 309 g/mol. The Labute approximate surface area is 137 Å². The highest BCUT2D eigenvalue weighted by Gasteiger charge is 2.13. The Kier molecular flexibility index (Phi) is 4.44. The van der Waals surface area contributed by atoms with Crippen LogP contribution in [0, 0.1) is 0 Å². The van der Waals surface area contributed by atoms with Crippen LogP contribution < -0.4 is 0 Å². The number of aromatic nitrogens is 1. The molecular formula is C20H20ClN. The number of benzene rings is 2. The van der Waals surface area contributed by atoms with E-state index in [2.05, 4.69) is 50.2 Å². The average Bonchev–Trinajstić information content (AvgIpc) is 2.55. The van der Waals surface area contributed by atoms with E-state index in [1.165, 1.54) is 27.8 Å². The first-order valence-electron chi connectivity index (χ1n) is 7.86. The minimum absolute atomic E-state index is 0.773. The summed E-state index contributed by atoms with van der Waals surface area (Å²) in [6.07, 6.45) is 2.89. The van der Waals surface area contributed by atoms with E-state index in [1.807, 2.05) is 12.1 Å². The van der Waals surface area contributed by atoms with Crippen molar-refractivity contribution in [3.05, 3.63) is 75.9 Å². The standard InChI is InChI=1S/C20H20ClN/c1-3-16-17(12-14-8-6-5-7-9-14)18-13-15(21)10-11-20(18)22-19(16)4-2/h5-11,13H,3-4,12H2,1-2H3. The van der Waals surface area contributed by atoms with Gasteiger partial charge in [0.05, 0.1) is 5.52 Å². The fourth-order valence-corrected chi connectivity index (χ4v) is 3.28. The first-order valence-corrected chi connectivity index (χ1v) is 8.24. The van der Waals surface area contributed by atoms with Gasteiger partial charge in [0, 0.05) is 16.1 Å². The van der Waals surface area contributed by atoms with Gasteiger partial charge < -0.3 is 0 Å². The van der Waals surface area contributed by atoms with Crippen LogP contribution in [0.25, 0.3) is 10.9 Å². The Morgan fingerprint density at radius 1 is 0.909 bits per heavy atom. The Morgan fingerprint density at radius 3 is 2.36 bits per heavy atom. The van der Waals surface area contributed by atoms with Gasteiger partial charge in [-0.05, 0) is 54.2 Å². The van der Waals surface area contributed by atoms with Crippen molar-refractivity contribution in [2.24, 2.45) is 0 Å². The molecule has 1 heterocycles. The zero-order valence-corrected chi connectivity index (χ0v) is 13.8. The molecule has 0 aliphatic heterocycles. The van der Waals surface area contributed by atoms with Crippen LogP contribution in [0.2, 0.25) is 5.02 Å². The number of hydrogen-bond donors (Lipinski definition) is 0. The SMILES string of the molecule is CCc1nc2ccc(Cl)cc2c(Cc2ccccc2)c1CC. The summed E-state index contributed by atoms with van der Waals surface area (Å²) >= 11 is 6.24. The van der Waals surface area contributed by atoms with Gasteiger partial charge in [0.25, 0.3) is 0 Å². The molecule has 2 aromatic carbocycles. The second-order valence-corrected chi connectivity index (χ2v) is 5.98. The molecule has 0 saturated carbocycles. The summed E-state index contributed by atoms with van der Waals surface area (Å²) in [7, 11) is 0. The van der Waals surface area contributed by atoms with Crippen molar-refractivity contribution in [3.8, 4) is 0 Å². The quantitative estimate of drug-likeness (QED) is 0.611. The van der Waals surface area contributed by atoms with Crippen LogP contribution in [-0.2, 0) is 19.3 Å². The molecule has 0 saturated heterocycles. The van der Waals surface area contributed by atoms with E-state index in [0.29, 0.717) is 0 Å². The Morgan fingerprint density at radius 2 is 1.68 bits per heavy atom. The van der Waals surface area contributed by atoms with E-state index in [4.69, 9.17) is 16.6 Å². The van der Waals surface area contributed by atoms with E-state index in [-0.39, 0.29) is 0 Å². The van der Waals surface area contributed by atoms with Gasteiger partial charge >= 0.3 is 0 Å².